The first-order chi connectivity index (χ1) is 14.7. The van der Waals surface area contributed by atoms with Crippen LogP contribution in [0.4, 0.5) is 15.8 Å². The maximum Gasteiger partial charge on any atom is 0.134 e. The summed E-state index contributed by atoms with van der Waals surface area (Å²) in [5.74, 6) is -0.280. The van der Waals surface area contributed by atoms with Gasteiger partial charge in [-0.3, -0.25) is 14.6 Å². The van der Waals surface area contributed by atoms with Crippen LogP contribution in [0, 0.1) is 12.7 Å². The molecule has 3 aromatic heterocycles. The van der Waals surface area contributed by atoms with Gasteiger partial charge < -0.3 is 10.6 Å². The first-order valence-electron chi connectivity index (χ1n) is 10.2. The second-order valence-electron chi connectivity index (χ2n) is 7.72. The van der Waals surface area contributed by atoms with Gasteiger partial charge in [-0.05, 0) is 63.2 Å². The third kappa shape index (κ3) is 3.64. The Balaban J connectivity index is 1.47. The highest BCUT2D eigenvalue weighted by atomic mass is 19.1. The quantitative estimate of drug-likeness (QED) is 0.522. The largest absolute Gasteiger partial charge is 0.353 e. The van der Waals surface area contributed by atoms with E-state index in [2.05, 4.69) is 20.6 Å². The van der Waals surface area contributed by atoms with Crippen molar-refractivity contribution in [3.8, 4) is 11.3 Å². The molecule has 4 heterocycles. The van der Waals surface area contributed by atoms with Gasteiger partial charge in [0.15, 0.2) is 0 Å². The molecule has 0 spiro atoms. The average molecular weight is 402 g/mol. The van der Waals surface area contributed by atoms with Crippen LogP contribution in [0.25, 0.3) is 22.3 Å². The summed E-state index contributed by atoms with van der Waals surface area (Å²) in [7, 11) is 0. The molecule has 1 aliphatic heterocycles. The van der Waals surface area contributed by atoms with Crippen LogP contribution < -0.4 is 10.6 Å². The summed E-state index contributed by atoms with van der Waals surface area (Å²) < 4.78 is 16.4. The fraction of sp³-hybridized carbons (Fsp3) is 0.261. The summed E-state index contributed by atoms with van der Waals surface area (Å²) in [5.41, 5.74) is 5.46. The lowest BCUT2D eigenvalue weighted by Crippen LogP contribution is -2.29. The van der Waals surface area contributed by atoms with Gasteiger partial charge in [-0.2, -0.15) is 5.10 Å². The normalized spacial score (nSPS) is 14.9. The summed E-state index contributed by atoms with van der Waals surface area (Å²) in [4.78, 5) is 8.85. The summed E-state index contributed by atoms with van der Waals surface area (Å²) in [6, 6.07) is 11.1. The maximum atomic E-state index is 14.3. The Bertz CT molecular complexity index is 1200. The minimum Gasteiger partial charge on any atom is -0.353 e. The number of halogens is 1. The zero-order valence-corrected chi connectivity index (χ0v) is 16.8. The molecule has 152 valence electrons. The fourth-order valence-corrected chi connectivity index (χ4v) is 3.95. The van der Waals surface area contributed by atoms with Gasteiger partial charge in [-0.1, -0.05) is 11.6 Å². The number of hydrogen-bond acceptors (Lipinski definition) is 5. The molecule has 1 saturated heterocycles. The number of benzene rings is 1. The standard InChI is InChI=1S/C23H23FN6/c1-15-2-3-19(24)18(12-15)21-13-16(4-10-26-21)28-20-7-11-27-22-14-30(29-23(20)22)17-5-8-25-9-6-17/h2-4,7,10-14,17,25H,5-6,8-9H2,1H3,(H,26,28). The maximum absolute atomic E-state index is 14.3. The summed E-state index contributed by atoms with van der Waals surface area (Å²) in [6.45, 7) is 3.96. The van der Waals surface area contributed by atoms with Gasteiger partial charge in [0.1, 0.15) is 16.9 Å². The number of nitrogens with zero attached hydrogens (tertiary/aromatic N) is 4. The van der Waals surface area contributed by atoms with Crippen LogP contribution in [0.1, 0.15) is 24.4 Å². The molecule has 6 nitrogen and oxygen atoms in total. The van der Waals surface area contributed by atoms with Crippen LogP contribution in [-0.4, -0.2) is 32.8 Å². The number of nitrogens with one attached hydrogen (secondary N) is 2. The molecule has 30 heavy (non-hydrogen) atoms. The van der Waals surface area contributed by atoms with Crippen LogP contribution in [0.3, 0.4) is 0 Å². The fourth-order valence-electron chi connectivity index (χ4n) is 3.95. The van der Waals surface area contributed by atoms with E-state index in [9.17, 15) is 4.39 Å². The van der Waals surface area contributed by atoms with Crippen molar-refractivity contribution >= 4 is 22.4 Å². The van der Waals surface area contributed by atoms with Crippen LogP contribution in [0.2, 0.25) is 0 Å². The zero-order chi connectivity index (χ0) is 20.5. The minimum atomic E-state index is -0.280. The number of aromatic nitrogens is 4. The number of anilines is 2. The Morgan fingerprint density at radius 1 is 1.07 bits per heavy atom. The number of hydrogen-bond donors (Lipinski definition) is 2. The van der Waals surface area contributed by atoms with E-state index in [0.29, 0.717) is 17.3 Å². The van der Waals surface area contributed by atoms with Crippen LogP contribution in [-0.2, 0) is 0 Å². The first-order valence-corrected chi connectivity index (χ1v) is 10.2. The molecular weight excluding hydrogens is 379 g/mol. The Kier molecular flexibility index (Phi) is 4.88. The number of piperidine rings is 1. The molecule has 0 atom stereocenters. The van der Waals surface area contributed by atoms with Crippen molar-refractivity contribution in [1.82, 2.24) is 25.1 Å². The van der Waals surface area contributed by atoms with E-state index >= 15 is 0 Å². The monoisotopic (exact) mass is 402 g/mol. The van der Waals surface area contributed by atoms with Crippen LogP contribution in [0.15, 0.2) is 55.0 Å². The van der Waals surface area contributed by atoms with E-state index in [1.165, 1.54) is 6.07 Å². The van der Waals surface area contributed by atoms with Gasteiger partial charge in [-0.15, -0.1) is 0 Å². The zero-order valence-electron chi connectivity index (χ0n) is 16.8. The van der Waals surface area contributed by atoms with E-state index in [1.807, 2.05) is 42.1 Å². The molecule has 1 aliphatic rings. The van der Waals surface area contributed by atoms with Gasteiger partial charge in [0, 0.05) is 23.6 Å². The molecule has 4 aromatic rings. The Morgan fingerprint density at radius 2 is 1.90 bits per heavy atom. The van der Waals surface area contributed by atoms with Gasteiger partial charge in [0.05, 0.1) is 23.6 Å². The van der Waals surface area contributed by atoms with Gasteiger partial charge in [0.2, 0.25) is 0 Å². The first kappa shape index (κ1) is 18.7. The molecule has 7 heteroatoms. The van der Waals surface area contributed by atoms with Crippen molar-refractivity contribution in [3.05, 3.63) is 66.4 Å². The molecule has 1 aromatic carbocycles. The summed E-state index contributed by atoms with van der Waals surface area (Å²) in [6.07, 6.45) is 7.61. The molecule has 0 saturated carbocycles. The van der Waals surface area contributed by atoms with E-state index in [-0.39, 0.29) is 5.82 Å². The molecule has 1 fully saturated rings. The smallest absolute Gasteiger partial charge is 0.134 e. The van der Waals surface area contributed by atoms with E-state index < -0.39 is 0 Å². The molecule has 2 N–H and O–H groups in total. The van der Waals surface area contributed by atoms with Crippen LogP contribution in [0.5, 0.6) is 0 Å². The Hall–Kier alpha value is -3.32. The molecule has 0 radical (unpaired) electrons. The molecule has 0 amide bonds. The van der Waals surface area contributed by atoms with E-state index in [1.54, 1.807) is 18.5 Å². The predicted molar refractivity (Wildman–Crippen MR) is 116 cm³/mol. The molecule has 0 unspecified atom stereocenters. The second-order valence-corrected chi connectivity index (χ2v) is 7.72. The lowest BCUT2D eigenvalue weighted by molar-refractivity contribution is 0.345. The van der Waals surface area contributed by atoms with Crippen molar-refractivity contribution in [2.24, 2.45) is 0 Å². The molecular formula is C23H23FN6. The summed E-state index contributed by atoms with van der Waals surface area (Å²) >= 11 is 0. The number of aryl methyl sites for hydroxylation is 1. The predicted octanol–water partition coefficient (Wildman–Crippen LogP) is 4.61. The lowest BCUT2D eigenvalue weighted by atomic mass is 10.1. The van der Waals surface area contributed by atoms with Crippen molar-refractivity contribution in [3.63, 3.8) is 0 Å². The second kappa shape index (κ2) is 7.84. The minimum absolute atomic E-state index is 0.280. The third-order valence-corrected chi connectivity index (χ3v) is 5.54. The molecule has 0 bridgehead atoms. The lowest BCUT2D eigenvalue weighted by Gasteiger charge is -2.22. The van der Waals surface area contributed by atoms with Gasteiger partial charge >= 0.3 is 0 Å². The van der Waals surface area contributed by atoms with Gasteiger partial charge in [0.25, 0.3) is 0 Å². The van der Waals surface area contributed by atoms with Crippen molar-refractivity contribution in [1.29, 1.82) is 0 Å². The Labute approximate surface area is 174 Å². The summed E-state index contributed by atoms with van der Waals surface area (Å²) in [5, 5.41) is 11.6. The highest BCUT2D eigenvalue weighted by Gasteiger charge is 2.18. The van der Waals surface area contributed by atoms with Gasteiger partial charge in [-0.25, -0.2) is 4.39 Å². The number of pyridine rings is 2. The topological polar surface area (TPSA) is 67.7 Å². The van der Waals surface area contributed by atoms with E-state index in [0.717, 1.165) is 53.9 Å². The van der Waals surface area contributed by atoms with Crippen LogP contribution >= 0.6 is 0 Å². The highest BCUT2D eigenvalue weighted by molar-refractivity contribution is 5.89. The van der Waals surface area contributed by atoms with Crippen molar-refractivity contribution in [2.45, 2.75) is 25.8 Å². The van der Waals surface area contributed by atoms with Crippen molar-refractivity contribution in [2.75, 3.05) is 18.4 Å². The van der Waals surface area contributed by atoms with E-state index in [4.69, 9.17) is 5.10 Å². The van der Waals surface area contributed by atoms with Crippen molar-refractivity contribution < 1.29 is 4.39 Å². The molecule has 0 aliphatic carbocycles. The Morgan fingerprint density at radius 3 is 2.77 bits per heavy atom. The SMILES string of the molecule is Cc1ccc(F)c(-c2cc(Nc3ccnc4cn(C5CCNCC5)nc34)ccn2)c1. The highest BCUT2D eigenvalue weighted by Crippen LogP contribution is 2.29. The number of fused-ring (bicyclic) bond motifs is 1. The third-order valence-electron chi connectivity index (χ3n) is 5.54. The molecule has 5 rings (SSSR count). The average Bonchev–Trinajstić information content (AvgIpc) is 3.22. The number of rotatable bonds is 4.